The molecule has 0 aliphatic heterocycles. The molecule has 4 rings (SSSR count). The molecule has 3 aromatic rings. The molecule has 134 valence electrons. The van der Waals surface area contributed by atoms with Crippen LogP contribution in [0.4, 0.5) is 0 Å². The Morgan fingerprint density at radius 2 is 2.27 bits per heavy atom. The van der Waals surface area contributed by atoms with E-state index in [4.69, 9.17) is 4.42 Å². The van der Waals surface area contributed by atoms with Gasteiger partial charge in [-0.2, -0.15) is 5.10 Å². The number of carbonyl (C=O) groups excluding carboxylic acids is 1. The zero-order valence-electron chi connectivity index (χ0n) is 14.7. The lowest BCUT2D eigenvalue weighted by atomic mass is 10.2. The van der Waals surface area contributed by atoms with Crippen LogP contribution in [0.1, 0.15) is 34.0 Å². The summed E-state index contributed by atoms with van der Waals surface area (Å²) in [5.41, 5.74) is 3.62. The molecule has 1 aliphatic carbocycles. The third-order valence-corrected chi connectivity index (χ3v) is 5.55. The first-order valence-electron chi connectivity index (χ1n) is 8.77. The van der Waals surface area contributed by atoms with Crippen LogP contribution in [-0.4, -0.2) is 20.6 Å². The lowest BCUT2D eigenvalue weighted by Gasteiger charge is -2.19. The summed E-state index contributed by atoms with van der Waals surface area (Å²) in [6.07, 6.45) is 8.43. The number of amides is 1. The molecule has 0 aromatic carbocycles. The van der Waals surface area contributed by atoms with Crippen LogP contribution in [0.15, 0.2) is 46.4 Å². The number of furan rings is 1. The number of carbonyl (C=O) groups is 1. The number of rotatable bonds is 6. The maximum Gasteiger partial charge on any atom is 0.247 e. The van der Waals surface area contributed by atoms with Crippen molar-refractivity contribution in [2.24, 2.45) is 7.05 Å². The largest absolute Gasteiger partial charge is 0.467 e. The van der Waals surface area contributed by atoms with Gasteiger partial charge < -0.3 is 9.32 Å². The fraction of sp³-hybridized carbons (Fsp3) is 0.300. The van der Waals surface area contributed by atoms with Gasteiger partial charge in [0.2, 0.25) is 5.91 Å². The highest BCUT2D eigenvalue weighted by molar-refractivity contribution is 7.10. The summed E-state index contributed by atoms with van der Waals surface area (Å²) in [5, 5.41) is 6.67. The van der Waals surface area contributed by atoms with Crippen molar-refractivity contribution in [2.45, 2.75) is 32.4 Å². The Balaban J connectivity index is 1.56. The lowest BCUT2D eigenvalue weighted by Crippen LogP contribution is -2.29. The van der Waals surface area contributed by atoms with E-state index in [1.54, 1.807) is 28.6 Å². The van der Waals surface area contributed by atoms with Crippen LogP contribution >= 0.6 is 11.3 Å². The fourth-order valence-electron chi connectivity index (χ4n) is 3.45. The molecule has 0 atom stereocenters. The highest BCUT2D eigenvalue weighted by Gasteiger charge is 2.24. The van der Waals surface area contributed by atoms with Crippen LogP contribution < -0.4 is 0 Å². The van der Waals surface area contributed by atoms with Gasteiger partial charge in [-0.1, -0.05) is 6.07 Å². The first-order valence-corrected chi connectivity index (χ1v) is 9.65. The number of hydrogen-bond donors (Lipinski definition) is 0. The second-order valence-corrected chi connectivity index (χ2v) is 7.45. The molecule has 0 unspecified atom stereocenters. The number of thiophene rings is 1. The van der Waals surface area contributed by atoms with Gasteiger partial charge in [0.15, 0.2) is 0 Å². The van der Waals surface area contributed by atoms with Crippen LogP contribution in [0.3, 0.4) is 0 Å². The Kier molecular flexibility index (Phi) is 4.75. The van der Waals surface area contributed by atoms with Crippen LogP contribution in [0.2, 0.25) is 0 Å². The summed E-state index contributed by atoms with van der Waals surface area (Å²) in [6, 6.07) is 7.72. The van der Waals surface area contributed by atoms with Gasteiger partial charge in [0.25, 0.3) is 0 Å². The molecule has 0 radical (unpaired) electrons. The quantitative estimate of drug-likeness (QED) is 0.623. The van der Waals surface area contributed by atoms with Gasteiger partial charge in [0.1, 0.15) is 5.76 Å². The van der Waals surface area contributed by atoms with E-state index in [2.05, 4.69) is 5.10 Å². The topological polar surface area (TPSA) is 51.3 Å². The number of fused-ring (bicyclic) bond motifs is 1. The number of aryl methyl sites for hydroxylation is 1. The number of nitrogens with zero attached hydrogens (tertiary/aromatic N) is 3. The minimum absolute atomic E-state index is 0.0350. The third-order valence-electron chi connectivity index (χ3n) is 4.71. The van der Waals surface area contributed by atoms with Crippen LogP contribution in [-0.2, 0) is 37.8 Å². The SMILES string of the molecule is Cn1nc(CN(Cc2ccco2)C(=O)/C=C/c2cccs2)c2c1CCC2. The van der Waals surface area contributed by atoms with E-state index in [0.29, 0.717) is 13.1 Å². The molecule has 0 saturated carbocycles. The van der Waals surface area contributed by atoms with Crippen LogP contribution in [0.5, 0.6) is 0 Å². The van der Waals surface area contributed by atoms with Crippen molar-refractivity contribution in [2.75, 3.05) is 0 Å². The highest BCUT2D eigenvalue weighted by Crippen LogP contribution is 2.26. The van der Waals surface area contributed by atoms with Crippen molar-refractivity contribution >= 4 is 23.3 Å². The predicted molar refractivity (Wildman–Crippen MR) is 102 cm³/mol. The average molecular weight is 367 g/mol. The molecule has 5 nitrogen and oxygen atoms in total. The maximum atomic E-state index is 12.8. The molecular formula is C20H21N3O2S. The molecule has 0 spiro atoms. The van der Waals surface area contributed by atoms with Crippen LogP contribution in [0, 0.1) is 0 Å². The van der Waals surface area contributed by atoms with E-state index < -0.39 is 0 Å². The summed E-state index contributed by atoms with van der Waals surface area (Å²) in [7, 11) is 1.99. The normalized spacial score (nSPS) is 13.4. The second-order valence-electron chi connectivity index (χ2n) is 6.47. The molecular weight excluding hydrogens is 346 g/mol. The Bertz CT molecular complexity index is 907. The Morgan fingerprint density at radius 3 is 3.04 bits per heavy atom. The van der Waals surface area contributed by atoms with Crippen molar-refractivity contribution in [1.29, 1.82) is 0 Å². The van der Waals surface area contributed by atoms with E-state index in [1.165, 1.54) is 17.7 Å². The van der Waals surface area contributed by atoms with E-state index in [9.17, 15) is 4.79 Å². The summed E-state index contributed by atoms with van der Waals surface area (Å²) in [5.74, 6) is 0.739. The molecule has 1 aliphatic rings. The predicted octanol–water partition coefficient (Wildman–Crippen LogP) is 3.81. The van der Waals surface area contributed by atoms with Crippen LogP contribution in [0.25, 0.3) is 6.08 Å². The lowest BCUT2D eigenvalue weighted by molar-refractivity contribution is -0.127. The van der Waals surface area contributed by atoms with Crippen molar-refractivity contribution in [1.82, 2.24) is 14.7 Å². The molecule has 26 heavy (non-hydrogen) atoms. The van der Waals surface area contributed by atoms with Gasteiger partial charge in [0, 0.05) is 23.7 Å². The molecule has 0 saturated heterocycles. The third kappa shape index (κ3) is 3.51. The van der Waals surface area contributed by atoms with Gasteiger partial charge in [-0.05, 0) is 54.5 Å². The van der Waals surface area contributed by atoms with Gasteiger partial charge in [0.05, 0.1) is 25.0 Å². The highest BCUT2D eigenvalue weighted by atomic mass is 32.1. The van der Waals surface area contributed by atoms with E-state index in [1.807, 2.05) is 47.5 Å². The molecule has 3 heterocycles. The van der Waals surface area contributed by atoms with E-state index >= 15 is 0 Å². The summed E-state index contributed by atoms with van der Waals surface area (Å²) < 4.78 is 7.43. The smallest absolute Gasteiger partial charge is 0.247 e. The zero-order chi connectivity index (χ0) is 17.9. The first kappa shape index (κ1) is 16.8. The van der Waals surface area contributed by atoms with Gasteiger partial charge in [-0.3, -0.25) is 9.48 Å². The Labute approximate surface area is 156 Å². The van der Waals surface area contributed by atoms with Crippen molar-refractivity contribution in [3.05, 3.63) is 69.6 Å². The Morgan fingerprint density at radius 1 is 1.35 bits per heavy atom. The zero-order valence-corrected chi connectivity index (χ0v) is 15.5. The van der Waals surface area contributed by atoms with Crippen molar-refractivity contribution < 1.29 is 9.21 Å². The second kappa shape index (κ2) is 7.33. The summed E-state index contributed by atoms with van der Waals surface area (Å²) in [4.78, 5) is 15.7. The van der Waals surface area contributed by atoms with E-state index in [0.717, 1.165) is 29.2 Å². The molecule has 3 aromatic heterocycles. The maximum absolute atomic E-state index is 12.8. The molecule has 0 fully saturated rings. The standard InChI is InChI=1S/C20H21N3O2S/c1-22-19-8-2-7-17(19)18(21-22)14-23(13-15-5-3-11-25-15)20(24)10-9-16-6-4-12-26-16/h3-6,9-12H,2,7-8,13-14H2,1H3/b10-9+. The fourth-order valence-corrected chi connectivity index (χ4v) is 4.07. The number of hydrogen-bond acceptors (Lipinski definition) is 4. The summed E-state index contributed by atoms with van der Waals surface area (Å²) in [6.45, 7) is 0.934. The van der Waals surface area contributed by atoms with Gasteiger partial charge >= 0.3 is 0 Å². The monoisotopic (exact) mass is 367 g/mol. The minimum Gasteiger partial charge on any atom is -0.467 e. The molecule has 1 amide bonds. The van der Waals surface area contributed by atoms with Gasteiger partial charge in [-0.15, -0.1) is 11.3 Å². The summed E-state index contributed by atoms with van der Waals surface area (Å²) >= 11 is 1.61. The minimum atomic E-state index is -0.0350. The first-order chi connectivity index (χ1) is 12.7. The van der Waals surface area contributed by atoms with Gasteiger partial charge in [-0.25, -0.2) is 0 Å². The van der Waals surface area contributed by atoms with E-state index in [-0.39, 0.29) is 5.91 Å². The Hall–Kier alpha value is -2.60. The van der Waals surface area contributed by atoms with Crippen molar-refractivity contribution in [3.8, 4) is 0 Å². The average Bonchev–Trinajstić information content (AvgIpc) is 3.41. The molecule has 0 N–H and O–H groups in total. The molecule has 6 heteroatoms. The number of aromatic nitrogens is 2. The molecule has 0 bridgehead atoms. The van der Waals surface area contributed by atoms with Crippen molar-refractivity contribution in [3.63, 3.8) is 0 Å².